The zero-order valence-electron chi connectivity index (χ0n) is 78.5. The van der Waals surface area contributed by atoms with E-state index in [4.69, 9.17) is 50.5 Å². The fourth-order valence-corrected chi connectivity index (χ4v) is 10.2. The number of hydrogen-bond acceptors (Lipinski definition) is 27. The van der Waals surface area contributed by atoms with Crippen LogP contribution in [0.25, 0.3) is 11.5 Å². The van der Waals surface area contributed by atoms with Crippen molar-refractivity contribution < 1.29 is 42.5 Å². The molecule has 1 aliphatic carbocycles. The lowest BCUT2D eigenvalue weighted by Gasteiger charge is -2.35. The van der Waals surface area contributed by atoms with Gasteiger partial charge in [-0.15, -0.1) is 12.8 Å². The van der Waals surface area contributed by atoms with Crippen LogP contribution in [-0.2, 0) is 27.5 Å². The number of piperazine rings is 1. The Bertz CT molecular complexity index is 4380. The van der Waals surface area contributed by atoms with E-state index in [1.807, 2.05) is 70.8 Å². The molecule has 0 aromatic carbocycles. The molecule has 0 atom stereocenters. The highest BCUT2D eigenvalue weighted by Gasteiger charge is 2.31. The zero-order chi connectivity index (χ0) is 91.4. The van der Waals surface area contributed by atoms with E-state index >= 15 is 0 Å². The van der Waals surface area contributed by atoms with Gasteiger partial charge in [0.1, 0.15) is 18.0 Å². The summed E-state index contributed by atoms with van der Waals surface area (Å²) in [6.45, 7) is 63.0. The second-order valence-electron chi connectivity index (χ2n) is 39.6. The van der Waals surface area contributed by atoms with E-state index in [1.54, 1.807) is 111 Å². The maximum atomic E-state index is 12.1. The molecule has 2 fully saturated rings. The number of aromatic nitrogens is 17. The van der Waals surface area contributed by atoms with Crippen LogP contribution in [0, 0.1) is 62.6 Å². The average Bonchev–Trinajstić information content (AvgIpc) is 1.68. The molecule has 123 heavy (non-hydrogen) atoms. The predicted molar refractivity (Wildman–Crippen MR) is 483 cm³/mol. The summed E-state index contributed by atoms with van der Waals surface area (Å²) in [6, 6.07) is 16.6. The molecule has 28 nitrogen and oxygen atoms in total. The molecule has 11 rings (SSSR count). The molecule has 9 aromatic heterocycles. The molecule has 1 saturated carbocycles. The lowest BCUT2D eigenvalue weighted by molar-refractivity contribution is -0.133. The Balaban J connectivity index is 0.000000297. The summed E-state index contributed by atoms with van der Waals surface area (Å²) in [4.78, 5) is 81.7. The first-order chi connectivity index (χ1) is 57.5. The summed E-state index contributed by atoms with van der Waals surface area (Å²) >= 11 is 0. The summed E-state index contributed by atoms with van der Waals surface area (Å²) in [7, 11) is 0. The van der Waals surface area contributed by atoms with Gasteiger partial charge in [0.25, 0.3) is 0 Å². The number of terminal acetylenes is 2. The first-order valence-electron chi connectivity index (χ1n) is 42.2. The Morgan fingerprint density at radius 2 is 0.878 bits per heavy atom. The molecular weight excluding hydrogens is 1550 g/mol. The number of anilines is 1. The van der Waals surface area contributed by atoms with Crippen molar-refractivity contribution in [2.24, 2.45) is 37.9 Å². The zero-order valence-corrected chi connectivity index (χ0v) is 78.5. The highest BCUT2D eigenvalue weighted by atomic mass is 16.5. The highest BCUT2D eigenvalue weighted by molar-refractivity contribution is 5.77. The van der Waals surface area contributed by atoms with Gasteiger partial charge < -0.3 is 47.5 Å². The Kier molecular flexibility index (Phi) is 43.6. The third kappa shape index (κ3) is 53.0. The Labute approximate surface area is 734 Å². The maximum absolute atomic E-state index is 12.1. The van der Waals surface area contributed by atoms with E-state index in [9.17, 15) is 4.79 Å². The van der Waals surface area contributed by atoms with Crippen LogP contribution in [0.2, 0.25) is 0 Å². The molecule has 1 saturated heterocycles. The minimum absolute atomic E-state index is 0.0523. The highest BCUT2D eigenvalue weighted by Crippen LogP contribution is 2.40. The molecule has 0 N–H and O–H groups in total. The minimum atomic E-state index is -0.126. The van der Waals surface area contributed by atoms with Crippen molar-refractivity contribution in [3.63, 3.8) is 0 Å². The standard InChI is InChI=1S/C15H20N4O2.C14H22N4O.C13H22N2O.2C12H16N2O.C10H16N2O.C10H15NO.C9H14N2O/c1-15(2,3)7-9-20-14-16-8-6-11(17-14)12-18-13(21-19-12)10-4-5-10;1-14(2,3)11-12(19)17-7-9-18(10-8-17)13-15-5-4-6-16-13;1-12(2,3)9-13(4,5)10-16-11-14-7-6-8-15-11;1-5-10-6-8-13-11(14-10)15-9-7-12(2,3)4;1-5-10-8-13-11(14-9-10)15-7-6-12(2,3)4;1-10(2,3)5-8-13-9-11-6-4-7-12-9;1-10(2,3)12-8-9-5-4-6-11-7-9;1-9(2,3)12-7-8-10-5-4-6-11-8/h6,8,10H,4-5,7,9H2,1-3H3;4-6H,7-11H2,1-3H3;6-8H,9-10H2,1-5H3;1,6,8H,7,9H2,2-4H3;1,8-9H,6-7H2,2-4H3;4,6-7H,5,8H2,1-3H3;4-7H,8H2,1-3H3;4-6H,7H2,1-3H3. The first-order valence-corrected chi connectivity index (χ1v) is 42.2. The van der Waals surface area contributed by atoms with Crippen LogP contribution in [-0.4, -0.2) is 166 Å². The van der Waals surface area contributed by atoms with Crippen LogP contribution in [0.5, 0.6) is 30.1 Å². The quantitative estimate of drug-likeness (QED) is 0.0507. The summed E-state index contributed by atoms with van der Waals surface area (Å²) in [5.74, 6) is 8.28. The summed E-state index contributed by atoms with van der Waals surface area (Å²) < 4.78 is 43.7. The number of pyridine rings is 1. The second-order valence-corrected chi connectivity index (χ2v) is 39.6. The number of amides is 1. The van der Waals surface area contributed by atoms with Crippen LogP contribution >= 0.6 is 0 Å². The molecule has 1 aliphatic heterocycles. The van der Waals surface area contributed by atoms with Crippen molar-refractivity contribution in [1.82, 2.24) is 89.8 Å². The maximum Gasteiger partial charge on any atom is 0.317 e. The molecule has 670 valence electrons. The van der Waals surface area contributed by atoms with Crippen molar-refractivity contribution in [1.29, 1.82) is 0 Å². The summed E-state index contributed by atoms with van der Waals surface area (Å²) in [5.41, 5.74) is 4.31. The van der Waals surface area contributed by atoms with Crippen LogP contribution in [0.4, 0.5) is 5.95 Å². The number of carbonyl (C=O) groups is 1. The fourth-order valence-electron chi connectivity index (χ4n) is 10.2. The van der Waals surface area contributed by atoms with Crippen LogP contribution in [0.3, 0.4) is 0 Å². The van der Waals surface area contributed by atoms with Gasteiger partial charge in [0.2, 0.25) is 23.6 Å². The third-order valence-corrected chi connectivity index (χ3v) is 16.6. The van der Waals surface area contributed by atoms with Gasteiger partial charge in [0, 0.05) is 125 Å². The third-order valence-electron chi connectivity index (χ3n) is 16.6. The van der Waals surface area contributed by atoms with E-state index in [0.717, 1.165) is 88.5 Å². The first kappa shape index (κ1) is 105. The van der Waals surface area contributed by atoms with E-state index in [0.29, 0.717) is 128 Å². The van der Waals surface area contributed by atoms with Crippen LogP contribution in [0.15, 0.2) is 140 Å². The van der Waals surface area contributed by atoms with Crippen molar-refractivity contribution in [2.75, 3.05) is 64.1 Å². The van der Waals surface area contributed by atoms with Gasteiger partial charge in [-0.3, -0.25) is 9.78 Å². The molecule has 0 bridgehead atoms. The SMILES string of the molecule is C#Cc1ccnc(OCCC(C)(C)C)n1.C#Cc1cnc(OCCC(C)(C)C)nc1.CC(C)(C)CC(=O)N1CCN(c2ncccn2)CC1.CC(C)(C)CC(C)(C)COc1ncccn1.CC(C)(C)CCOc1nccc(-c2noc(C3CC3)n2)n1.CC(C)(C)CCOc1ncccn1.CC(C)(C)OCc1cccnc1.CC(C)(C)OCc1ncccn1. The normalized spacial score (nSPS) is 12.9. The van der Waals surface area contributed by atoms with Crippen molar-refractivity contribution in [3.8, 4) is 66.3 Å². The monoisotopic (exact) mass is 1690 g/mol. The number of ether oxygens (including phenoxy) is 7. The van der Waals surface area contributed by atoms with E-state index in [-0.39, 0.29) is 44.2 Å². The largest absolute Gasteiger partial charge is 0.463 e. The molecule has 10 heterocycles. The molecule has 0 unspecified atom stereocenters. The fraction of sp³-hybridized carbons (Fsp3) is 0.579. The number of carbonyl (C=O) groups excluding carboxylic acids is 1. The van der Waals surface area contributed by atoms with Gasteiger partial charge in [-0.1, -0.05) is 156 Å². The minimum Gasteiger partial charge on any atom is -0.463 e. The van der Waals surface area contributed by atoms with E-state index in [2.05, 4.69) is 240 Å². The molecule has 0 radical (unpaired) electrons. The van der Waals surface area contributed by atoms with Gasteiger partial charge in [0.15, 0.2) is 5.82 Å². The predicted octanol–water partition coefficient (Wildman–Crippen LogP) is 19.1. The molecule has 2 aliphatic rings. The van der Waals surface area contributed by atoms with Gasteiger partial charge >= 0.3 is 30.1 Å². The molecule has 9 aromatic rings. The van der Waals surface area contributed by atoms with Gasteiger partial charge in [-0.05, 0) is 178 Å². The molecule has 0 spiro atoms. The van der Waals surface area contributed by atoms with E-state index in [1.165, 1.54) is 0 Å². The summed E-state index contributed by atoms with van der Waals surface area (Å²) in [5, 5.41) is 3.98. The van der Waals surface area contributed by atoms with Gasteiger partial charge in [-0.25, -0.2) is 59.8 Å². The lowest BCUT2D eigenvalue weighted by atomic mass is 9.77. The van der Waals surface area contributed by atoms with Crippen LogP contribution in [0.1, 0.15) is 266 Å². The molecule has 28 heteroatoms. The Morgan fingerprint density at radius 3 is 1.32 bits per heavy atom. The Morgan fingerprint density at radius 1 is 0.439 bits per heavy atom. The van der Waals surface area contributed by atoms with Crippen molar-refractivity contribution >= 4 is 11.9 Å². The second kappa shape index (κ2) is 51.3. The average molecular weight is 1690 g/mol. The van der Waals surface area contributed by atoms with Gasteiger partial charge in [0.05, 0.1) is 56.4 Å². The van der Waals surface area contributed by atoms with Crippen LogP contribution < -0.4 is 28.6 Å². The Hall–Kier alpha value is -10.8. The van der Waals surface area contributed by atoms with E-state index < -0.39 is 0 Å². The number of rotatable bonds is 24. The summed E-state index contributed by atoms with van der Waals surface area (Å²) in [6.07, 6.45) is 41.9. The lowest BCUT2D eigenvalue weighted by Crippen LogP contribution is -2.49. The topological polar surface area (TPSA) is 320 Å². The smallest absolute Gasteiger partial charge is 0.317 e. The number of nitrogens with zero attached hydrogens (tertiary/aromatic N) is 19. The number of hydrogen-bond donors (Lipinski definition) is 0. The molecule has 1 amide bonds. The van der Waals surface area contributed by atoms with Gasteiger partial charge in [-0.2, -0.15) is 15.0 Å². The molecular formula is C95H141N19O9. The van der Waals surface area contributed by atoms with Crippen molar-refractivity contribution in [3.05, 3.63) is 164 Å². The van der Waals surface area contributed by atoms with Crippen molar-refractivity contribution in [2.45, 2.75) is 262 Å².